The van der Waals surface area contributed by atoms with E-state index < -0.39 is 0 Å². The summed E-state index contributed by atoms with van der Waals surface area (Å²) >= 11 is 3.56. The molecule has 0 N–H and O–H groups in total. The van der Waals surface area contributed by atoms with Gasteiger partial charge in [0.2, 0.25) is 0 Å². The van der Waals surface area contributed by atoms with E-state index in [1.54, 1.807) is 0 Å². The van der Waals surface area contributed by atoms with Crippen molar-refractivity contribution in [1.82, 2.24) is 9.80 Å². The number of hydrogen-bond acceptors (Lipinski definition) is 2. The molecule has 0 saturated carbocycles. The van der Waals surface area contributed by atoms with Crippen LogP contribution in [0.4, 0.5) is 0 Å². The molecule has 0 amide bonds. The number of rotatable bonds is 5. The molecule has 1 aliphatic heterocycles. The van der Waals surface area contributed by atoms with Crippen molar-refractivity contribution in [3.8, 4) is 0 Å². The largest absolute Gasteiger partial charge is 0.306 e. The Kier molecular flexibility index (Phi) is 6.06. The van der Waals surface area contributed by atoms with Crippen molar-refractivity contribution in [3.63, 3.8) is 0 Å². The van der Waals surface area contributed by atoms with Crippen molar-refractivity contribution < 1.29 is 0 Å². The molecule has 0 spiro atoms. The molecule has 112 valence electrons. The van der Waals surface area contributed by atoms with Crippen molar-refractivity contribution in [2.24, 2.45) is 5.92 Å². The van der Waals surface area contributed by atoms with Gasteiger partial charge in [-0.2, -0.15) is 0 Å². The Morgan fingerprint density at radius 2 is 2.05 bits per heavy atom. The van der Waals surface area contributed by atoms with Crippen LogP contribution in [0.2, 0.25) is 0 Å². The molecule has 0 aliphatic carbocycles. The van der Waals surface area contributed by atoms with Crippen LogP contribution in [-0.4, -0.2) is 50.1 Å². The molecule has 20 heavy (non-hydrogen) atoms. The Morgan fingerprint density at radius 3 is 2.70 bits per heavy atom. The number of likely N-dealkylation sites (tertiary alicyclic amines) is 1. The molecule has 2 nitrogen and oxygen atoms in total. The summed E-state index contributed by atoms with van der Waals surface area (Å²) in [7, 11) is 4.50. The van der Waals surface area contributed by atoms with Gasteiger partial charge in [0.25, 0.3) is 0 Å². The Hall–Kier alpha value is -0.380. The third-order valence-corrected chi connectivity index (χ3v) is 4.90. The van der Waals surface area contributed by atoms with Crippen LogP contribution in [0.1, 0.15) is 31.2 Å². The summed E-state index contributed by atoms with van der Waals surface area (Å²) in [5, 5.41) is 0. The van der Waals surface area contributed by atoms with Crippen LogP contribution in [0, 0.1) is 5.92 Å². The molecule has 0 bridgehead atoms. The second-order valence-electron chi connectivity index (χ2n) is 6.42. The predicted molar refractivity (Wildman–Crippen MR) is 90.3 cm³/mol. The zero-order chi connectivity index (χ0) is 14.5. The second-order valence-corrected chi connectivity index (χ2v) is 7.34. The van der Waals surface area contributed by atoms with Crippen LogP contribution in [-0.2, 0) is 0 Å². The molecular weight excluding hydrogens is 312 g/mol. The highest BCUT2D eigenvalue weighted by Crippen LogP contribution is 2.22. The summed E-state index contributed by atoms with van der Waals surface area (Å²) in [5.41, 5.74) is 1.43. The smallest absolute Gasteiger partial charge is 0.0178 e. The van der Waals surface area contributed by atoms with E-state index in [1.165, 1.54) is 42.5 Å². The van der Waals surface area contributed by atoms with E-state index in [-0.39, 0.29) is 0 Å². The van der Waals surface area contributed by atoms with Gasteiger partial charge in [-0.1, -0.05) is 35.0 Å². The molecule has 0 aromatic heterocycles. The van der Waals surface area contributed by atoms with Crippen LogP contribution < -0.4 is 0 Å². The van der Waals surface area contributed by atoms with Gasteiger partial charge in [-0.05, 0) is 69.6 Å². The Labute approximate surface area is 132 Å². The molecule has 1 unspecified atom stereocenters. The number of hydrogen-bond donors (Lipinski definition) is 0. The van der Waals surface area contributed by atoms with Gasteiger partial charge in [0.05, 0.1) is 0 Å². The van der Waals surface area contributed by atoms with Crippen LogP contribution in [0.3, 0.4) is 0 Å². The summed E-state index contributed by atoms with van der Waals surface area (Å²) in [6.45, 7) is 7.24. The van der Waals surface area contributed by atoms with Gasteiger partial charge in [-0.3, -0.25) is 0 Å². The molecule has 1 fully saturated rings. The first-order valence-electron chi connectivity index (χ1n) is 7.67. The first kappa shape index (κ1) is 16.0. The molecule has 1 atom stereocenters. The van der Waals surface area contributed by atoms with E-state index in [9.17, 15) is 0 Å². The normalized spacial score (nSPS) is 19.4. The first-order valence-corrected chi connectivity index (χ1v) is 8.46. The lowest BCUT2D eigenvalue weighted by Gasteiger charge is -2.32. The van der Waals surface area contributed by atoms with E-state index in [0.29, 0.717) is 5.92 Å². The third-order valence-electron chi connectivity index (χ3n) is 4.41. The number of nitrogens with zero attached hydrogens (tertiary/aromatic N) is 2. The van der Waals surface area contributed by atoms with Crippen molar-refractivity contribution in [2.75, 3.05) is 40.3 Å². The summed E-state index contributed by atoms with van der Waals surface area (Å²) in [6.07, 6.45) is 2.71. The molecule has 1 aromatic rings. The van der Waals surface area contributed by atoms with Gasteiger partial charge in [-0.25, -0.2) is 0 Å². The monoisotopic (exact) mass is 338 g/mol. The number of benzene rings is 1. The Balaban J connectivity index is 1.80. The fourth-order valence-electron chi connectivity index (χ4n) is 3.15. The summed E-state index contributed by atoms with van der Waals surface area (Å²) < 4.78 is 1.18. The van der Waals surface area contributed by atoms with Crippen LogP contribution >= 0.6 is 15.9 Å². The molecule has 0 radical (unpaired) electrons. The predicted octanol–water partition coefficient (Wildman–Crippen LogP) is 3.83. The Morgan fingerprint density at radius 1 is 1.35 bits per heavy atom. The fourth-order valence-corrected chi connectivity index (χ4v) is 3.56. The van der Waals surface area contributed by atoms with Crippen molar-refractivity contribution in [1.29, 1.82) is 0 Å². The lowest BCUT2D eigenvalue weighted by molar-refractivity contribution is 0.173. The highest BCUT2D eigenvalue weighted by Gasteiger charge is 2.19. The van der Waals surface area contributed by atoms with Gasteiger partial charge in [0, 0.05) is 17.6 Å². The molecule has 1 saturated heterocycles. The van der Waals surface area contributed by atoms with Crippen molar-refractivity contribution >= 4 is 15.9 Å². The topological polar surface area (TPSA) is 6.48 Å². The summed E-state index contributed by atoms with van der Waals surface area (Å²) in [4.78, 5) is 4.96. The van der Waals surface area contributed by atoms with E-state index in [1.807, 2.05) is 0 Å². The number of piperidine rings is 1. The SMILES string of the molecule is CC(CN(C)CC1CCN(C)CC1)c1cccc(Br)c1. The van der Waals surface area contributed by atoms with Crippen LogP contribution in [0.5, 0.6) is 0 Å². The first-order chi connectivity index (χ1) is 9.54. The maximum absolute atomic E-state index is 3.56. The van der Waals surface area contributed by atoms with Crippen LogP contribution in [0.15, 0.2) is 28.7 Å². The zero-order valence-electron chi connectivity index (χ0n) is 13.0. The minimum atomic E-state index is 0.587. The van der Waals surface area contributed by atoms with Crippen LogP contribution in [0.25, 0.3) is 0 Å². The van der Waals surface area contributed by atoms with E-state index >= 15 is 0 Å². The highest BCUT2D eigenvalue weighted by molar-refractivity contribution is 9.10. The lowest BCUT2D eigenvalue weighted by Crippen LogP contribution is -2.36. The molecule has 1 aliphatic rings. The van der Waals surface area contributed by atoms with Gasteiger partial charge >= 0.3 is 0 Å². The Bertz CT molecular complexity index is 413. The molecule has 1 heterocycles. The van der Waals surface area contributed by atoms with Gasteiger partial charge in [0.1, 0.15) is 0 Å². The number of halogens is 1. The number of likely N-dealkylation sites (N-methyl/N-ethyl adjacent to an activating group) is 1. The van der Waals surface area contributed by atoms with E-state index in [4.69, 9.17) is 0 Å². The average Bonchev–Trinajstić information content (AvgIpc) is 2.41. The maximum Gasteiger partial charge on any atom is 0.0178 e. The van der Waals surface area contributed by atoms with E-state index in [2.05, 4.69) is 71.0 Å². The van der Waals surface area contributed by atoms with E-state index in [0.717, 1.165) is 12.5 Å². The highest BCUT2D eigenvalue weighted by atomic mass is 79.9. The fraction of sp³-hybridized carbons (Fsp3) is 0.647. The summed E-state index contributed by atoms with van der Waals surface area (Å²) in [6, 6.07) is 8.71. The quantitative estimate of drug-likeness (QED) is 0.805. The van der Waals surface area contributed by atoms with Crippen molar-refractivity contribution in [3.05, 3.63) is 34.3 Å². The minimum Gasteiger partial charge on any atom is -0.306 e. The maximum atomic E-state index is 3.56. The third kappa shape index (κ3) is 4.87. The molecule has 1 aromatic carbocycles. The van der Waals surface area contributed by atoms with Gasteiger partial charge < -0.3 is 9.80 Å². The van der Waals surface area contributed by atoms with Gasteiger partial charge in [-0.15, -0.1) is 0 Å². The average molecular weight is 339 g/mol. The molecule has 2 rings (SSSR count). The lowest BCUT2D eigenvalue weighted by atomic mass is 9.95. The van der Waals surface area contributed by atoms with Gasteiger partial charge in [0.15, 0.2) is 0 Å². The standard InChI is InChI=1S/C17H27BrN2/c1-14(16-5-4-6-17(18)11-16)12-20(3)13-15-7-9-19(2)10-8-15/h4-6,11,14-15H,7-10,12-13H2,1-3H3. The molecule has 3 heteroatoms. The second kappa shape index (κ2) is 7.58. The molecular formula is C17H27BrN2. The zero-order valence-corrected chi connectivity index (χ0v) is 14.6. The minimum absolute atomic E-state index is 0.587. The van der Waals surface area contributed by atoms with Crippen molar-refractivity contribution in [2.45, 2.75) is 25.7 Å². The summed E-state index contributed by atoms with van der Waals surface area (Å²) in [5.74, 6) is 1.47.